The van der Waals surface area contributed by atoms with Gasteiger partial charge in [-0.05, 0) is 59.2 Å². The Morgan fingerprint density at radius 2 is 1.76 bits per heavy atom. The Hall–Kier alpha value is -0.275. The zero-order valence-corrected chi connectivity index (χ0v) is 11.7. The third-order valence-electron chi connectivity index (χ3n) is 4.66. The Morgan fingerprint density at radius 3 is 2.29 bits per heavy atom. The zero-order valence-electron chi connectivity index (χ0n) is 11.7. The molecule has 2 aliphatic rings. The first-order valence-corrected chi connectivity index (χ1v) is 6.85. The Morgan fingerprint density at radius 1 is 1.18 bits per heavy atom. The highest BCUT2D eigenvalue weighted by molar-refractivity contribution is 6.45. The third-order valence-corrected chi connectivity index (χ3v) is 4.66. The lowest BCUT2D eigenvalue weighted by Crippen LogP contribution is -2.41. The second-order valence-corrected chi connectivity index (χ2v) is 6.52. The topological polar surface area (TPSA) is 18.5 Å². The van der Waals surface area contributed by atoms with E-state index in [1.54, 1.807) is 0 Å². The molecule has 1 saturated carbocycles. The van der Waals surface area contributed by atoms with E-state index < -0.39 is 0 Å². The molecule has 1 atom stereocenters. The smallest absolute Gasteiger partial charge is 0.403 e. The molecule has 2 nitrogen and oxygen atoms in total. The Labute approximate surface area is 106 Å². The summed E-state index contributed by atoms with van der Waals surface area (Å²) in [6.45, 7) is 12.7. The largest absolute Gasteiger partial charge is 0.458 e. The summed E-state index contributed by atoms with van der Waals surface area (Å²) < 4.78 is 12.1. The highest BCUT2D eigenvalue weighted by Gasteiger charge is 2.51. The molecule has 0 aromatic heterocycles. The molecule has 0 amide bonds. The van der Waals surface area contributed by atoms with Crippen LogP contribution in [0.15, 0.2) is 12.2 Å². The molecule has 17 heavy (non-hydrogen) atoms. The maximum absolute atomic E-state index is 6.05. The van der Waals surface area contributed by atoms with Gasteiger partial charge in [0.15, 0.2) is 0 Å². The van der Waals surface area contributed by atoms with Crippen molar-refractivity contribution in [1.29, 1.82) is 0 Å². The maximum atomic E-state index is 6.05. The van der Waals surface area contributed by atoms with E-state index in [9.17, 15) is 0 Å². The van der Waals surface area contributed by atoms with Crippen LogP contribution in [0.2, 0.25) is 6.32 Å². The first-order chi connectivity index (χ1) is 7.82. The summed E-state index contributed by atoms with van der Waals surface area (Å²) in [5.41, 5.74) is 0.993. The van der Waals surface area contributed by atoms with Crippen LogP contribution in [0.1, 0.15) is 53.4 Å². The highest BCUT2D eigenvalue weighted by atomic mass is 16.7. The molecule has 1 heterocycles. The van der Waals surface area contributed by atoms with Crippen molar-refractivity contribution >= 4 is 7.12 Å². The molecular formula is C14H25BO2. The average molecular weight is 236 g/mol. The number of hydrogen-bond donors (Lipinski definition) is 0. The van der Waals surface area contributed by atoms with Crippen molar-refractivity contribution in [3.63, 3.8) is 0 Å². The van der Waals surface area contributed by atoms with E-state index in [1.165, 1.54) is 31.3 Å². The molecule has 0 N–H and O–H groups in total. The van der Waals surface area contributed by atoms with Crippen LogP contribution in [-0.2, 0) is 9.31 Å². The molecule has 1 saturated heterocycles. The van der Waals surface area contributed by atoms with Crippen LogP contribution >= 0.6 is 0 Å². The molecule has 1 unspecified atom stereocenters. The molecule has 0 radical (unpaired) electrons. The van der Waals surface area contributed by atoms with Gasteiger partial charge in [-0.15, -0.1) is 0 Å². The molecule has 3 heteroatoms. The minimum absolute atomic E-state index is 0.0557. The minimum atomic E-state index is -0.201. The van der Waals surface area contributed by atoms with Gasteiger partial charge in [0.2, 0.25) is 0 Å². The zero-order chi connectivity index (χ0) is 12.7. The van der Waals surface area contributed by atoms with Crippen LogP contribution in [0.4, 0.5) is 0 Å². The van der Waals surface area contributed by atoms with Gasteiger partial charge in [-0.3, -0.25) is 0 Å². The molecule has 96 valence electrons. The van der Waals surface area contributed by atoms with Gasteiger partial charge in [-0.2, -0.15) is 0 Å². The fourth-order valence-corrected chi connectivity index (χ4v) is 2.73. The lowest BCUT2D eigenvalue weighted by molar-refractivity contribution is 0.00578. The van der Waals surface area contributed by atoms with Gasteiger partial charge in [0.25, 0.3) is 0 Å². The SMILES string of the molecule is C=C1CCCCC1CB1OC(C)(C)C(C)(C)O1. The maximum Gasteiger partial charge on any atom is 0.458 e. The second kappa shape index (κ2) is 4.44. The molecule has 1 aliphatic heterocycles. The predicted molar refractivity (Wildman–Crippen MR) is 72.0 cm³/mol. The van der Waals surface area contributed by atoms with Crippen LogP contribution in [-0.4, -0.2) is 18.3 Å². The van der Waals surface area contributed by atoms with E-state index in [-0.39, 0.29) is 18.3 Å². The molecular weight excluding hydrogens is 211 g/mol. The van der Waals surface area contributed by atoms with Crippen LogP contribution in [0.3, 0.4) is 0 Å². The molecule has 2 fully saturated rings. The summed E-state index contributed by atoms with van der Waals surface area (Å²) >= 11 is 0. The van der Waals surface area contributed by atoms with Crippen molar-refractivity contribution in [3.05, 3.63) is 12.2 Å². The average Bonchev–Trinajstić information content (AvgIpc) is 2.39. The Balaban J connectivity index is 1.95. The fraction of sp³-hybridized carbons (Fsp3) is 0.857. The number of rotatable bonds is 2. The molecule has 1 aliphatic carbocycles. The van der Waals surface area contributed by atoms with Crippen LogP contribution in [0.5, 0.6) is 0 Å². The third kappa shape index (κ3) is 2.60. The molecule has 0 aromatic carbocycles. The van der Waals surface area contributed by atoms with Crippen molar-refractivity contribution in [1.82, 2.24) is 0 Å². The van der Waals surface area contributed by atoms with Crippen molar-refractivity contribution in [2.75, 3.05) is 0 Å². The van der Waals surface area contributed by atoms with Crippen molar-refractivity contribution in [2.45, 2.75) is 70.9 Å². The standard InChI is InChI=1S/C14H25BO2/c1-11-8-6-7-9-12(11)10-15-16-13(2,3)14(4,5)17-15/h12H,1,6-10H2,2-5H3. The normalized spacial score (nSPS) is 31.9. The van der Waals surface area contributed by atoms with Crippen molar-refractivity contribution in [3.8, 4) is 0 Å². The van der Waals surface area contributed by atoms with E-state index in [0.717, 1.165) is 6.32 Å². The van der Waals surface area contributed by atoms with E-state index in [2.05, 4.69) is 34.3 Å². The highest BCUT2D eigenvalue weighted by Crippen LogP contribution is 2.41. The Kier molecular flexibility index (Phi) is 3.43. The van der Waals surface area contributed by atoms with Gasteiger partial charge < -0.3 is 9.31 Å². The van der Waals surface area contributed by atoms with E-state index >= 15 is 0 Å². The summed E-state index contributed by atoms with van der Waals surface area (Å²) in [6.07, 6.45) is 6.04. The first kappa shape index (κ1) is 13.2. The van der Waals surface area contributed by atoms with Gasteiger partial charge in [-0.25, -0.2) is 0 Å². The molecule has 0 aromatic rings. The summed E-state index contributed by atoms with van der Waals surface area (Å²) in [5, 5.41) is 0. The Bertz CT molecular complexity index is 293. The van der Waals surface area contributed by atoms with Crippen LogP contribution in [0.25, 0.3) is 0 Å². The van der Waals surface area contributed by atoms with Crippen LogP contribution < -0.4 is 0 Å². The van der Waals surface area contributed by atoms with Gasteiger partial charge in [0.1, 0.15) is 0 Å². The lowest BCUT2D eigenvalue weighted by atomic mass is 9.70. The molecule has 0 bridgehead atoms. The van der Waals surface area contributed by atoms with Crippen LogP contribution in [0, 0.1) is 5.92 Å². The second-order valence-electron chi connectivity index (χ2n) is 6.52. The summed E-state index contributed by atoms with van der Waals surface area (Å²) in [5.74, 6) is 0.596. The predicted octanol–water partition coefficient (Wildman–Crippen LogP) is 3.83. The first-order valence-electron chi connectivity index (χ1n) is 6.85. The monoisotopic (exact) mass is 236 g/mol. The molecule has 2 rings (SSSR count). The summed E-state index contributed by atoms with van der Waals surface area (Å²) in [6, 6.07) is 0. The van der Waals surface area contributed by atoms with Gasteiger partial charge in [-0.1, -0.05) is 18.6 Å². The van der Waals surface area contributed by atoms with Gasteiger partial charge in [0.05, 0.1) is 11.2 Å². The number of hydrogen-bond acceptors (Lipinski definition) is 2. The van der Waals surface area contributed by atoms with E-state index in [4.69, 9.17) is 9.31 Å². The fourth-order valence-electron chi connectivity index (χ4n) is 2.73. The minimum Gasteiger partial charge on any atom is -0.403 e. The van der Waals surface area contributed by atoms with Gasteiger partial charge >= 0.3 is 7.12 Å². The quantitative estimate of drug-likeness (QED) is 0.536. The van der Waals surface area contributed by atoms with Crippen molar-refractivity contribution in [2.24, 2.45) is 5.92 Å². The van der Waals surface area contributed by atoms with E-state index in [0.29, 0.717) is 5.92 Å². The summed E-state index contributed by atoms with van der Waals surface area (Å²) in [7, 11) is -0.0557. The lowest BCUT2D eigenvalue weighted by Gasteiger charge is -2.32. The van der Waals surface area contributed by atoms with Crippen molar-refractivity contribution < 1.29 is 9.31 Å². The molecule has 0 spiro atoms. The summed E-state index contributed by atoms with van der Waals surface area (Å²) in [4.78, 5) is 0. The van der Waals surface area contributed by atoms with E-state index in [1.807, 2.05) is 0 Å². The number of allylic oxidation sites excluding steroid dienone is 1. The van der Waals surface area contributed by atoms with Gasteiger partial charge in [0, 0.05) is 0 Å².